The number of halogens is 1. The van der Waals surface area contributed by atoms with E-state index in [1.165, 1.54) is 24.1 Å². The maximum atomic E-state index is 14.3. The van der Waals surface area contributed by atoms with Gasteiger partial charge in [0.15, 0.2) is 11.6 Å². The van der Waals surface area contributed by atoms with Gasteiger partial charge in [-0.2, -0.15) is 0 Å². The minimum absolute atomic E-state index is 0.0671. The fourth-order valence-corrected chi connectivity index (χ4v) is 5.08. The largest absolute Gasteiger partial charge is 0.494 e. The van der Waals surface area contributed by atoms with E-state index in [0.717, 1.165) is 46.3 Å². The molecule has 5 nitrogen and oxygen atoms in total. The SMILES string of the molecule is COc1cc([C@H]2c3[nH]c4ccccc4c3CCN2Cc2cccc3nccnc23)ccc1F. The molecule has 1 N–H and O–H groups in total. The van der Waals surface area contributed by atoms with E-state index in [0.29, 0.717) is 6.54 Å². The molecule has 6 rings (SSSR count). The topological polar surface area (TPSA) is 54.0 Å². The van der Waals surface area contributed by atoms with E-state index < -0.39 is 0 Å². The Balaban J connectivity index is 1.50. The minimum atomic E-state index is -0.357. The predicted octanol–water partition coefficient (Wildman–Crippen LogP) is 5.41. The molecule has 0 aliphatic carbocycles. The van der Waals surface area contributed by atoms with Gasteiger partial charge in [0.2, 0.25) is 0 Å². The summed E-state index contributed by atoms with van der Waals surface area (Å²) in [7, 11) is 1.50. The average molecular weight is 439 g/mol. The van der Waals surface area contributed by atoms with Crippen molar-refractivity contribution in [1.29, 1.82) is 0 Å². The van der Waals surface area contributed by atoms with Crippen LogP contribution in [0.15, 0.2) is 73.1 Å². The number of ether oxygens (including phenoxy) is 1. The standard InChI is InChI=1S/C27H23FN4O/c1-33-24-15-17(9-10-21(24)28)27-26-20(19-6-2-3-7-22(19)31-26)11-14-32(27)16-18-5-4-8-23-25(18)30-13-12-29-23/h2-10,12-13,15,27,31H,11,14,16H2,1H3/t27-/m0/s1. The number of H-pyrrole nitrogens is 1. The zero-order valence-corrected chi connectivity index (χ0v) is 18.3. The Kier molecular flexibility index (Phi) is 4.80. The Hall–Kier alpha value is -3.77. The first-order chi connectivity index (χ1) is 16.2. The van der Waals surface area contributed by atoms with Crippen molar-refractivity contribution in [3.8, 4) is 5.75 Å². The Morgan fingerprint density at radius 2 is 1.94 bits per heavy atom. The summed E-state index contributed by atoms with van der Waals surface area (Å²) in [6.07, 6.45) is 4.39. The van der Waals surface area contributed by atoms with Crippen LogP contribution in [0.2, 0.25) is 0 Å². The van der Waals surface area contributed by atoms with Crippen molar-refractivity contribution in [2.45, 2.75) is 19.0 Å². The summed E-state index contributed by atoms with van der Waals surface area (Å²) in [5.74, 6) is -0.100. The van der Waals surface area contributed by atoms with E-state index in [1.807, 2.05) is 30.3 Å². The Morgan fingerprint density at radius 1 is 1.06 bits per heavy atom. The van der Waals surface area contributed by atoms with Crippen molar-refractivity contribution >= 4 is 21.9 Å². The van der Waals surface area contributed by atoms with Crippen LogP contribution < -0.4 is 4.74 Å². The lowest BCUT2D eigenvalue weighted by atomic mass is 9.91. The van der Waals surface area contributed by atoms with Gasteiger partial charge in [0.1, 0.15) is 0 Å². The Labute approximate surface area is 190 Å². The van der Waals surface area contributed by atoms with Gasteiger partial charge in [-0.15, -0.1) is 0 Å². The summed E-state index contributed by atoms with van der Waals surface area (Å²) in [6, 6.07) is 19.6. The number of methoxy groups -OCH3 is 1. The molecule has 5 aromatic rings. The number of hydrogen-bond acceptors (Lipinski definition) is 4. The number of hydrogen-bond donors (Lipinski definition) is 1. The van der Waals surface area contributed by atoms with Gasteiger partial charge in [-0.05, 0) is 47.4 Å². The van der Waals surface area contributed by atoms with Crippen molar-refractivity contribution in [1.82, 2.24) is 19.9 Å². The first kappa shape index (κ1) is 19.9. The molecule has 0 amide bonds. The number of aromatic nitrogens is 3. The highest BCUT2D eigenvalue weighted by molar-refractivity contribution is 5.85. The van der Waals surface area contributed by atoms with Crippen LogP contribution in [-0.4, -0.2) is 33.5 Å². The van der Waals surface area contributed by atoms with Crippen molar-refractivity contribution in [2.24, 2.45) is 0 Å². The molecule has 1 atom stereocenters. The van der Waals surface area contributed by atoms with E-state index >= 15 is 0 Å². The highest BCUT2D eigenvalue weighted by Gasteiger charge is 2.32. The van der Waals surface area contributed by atoms with Crippen molar-refractivity contribution in [3.63, 3.8) is 0 Å². The van der Waals surface area contributed by atoms with E-state index in [9.17, 15) is 4.39 Å². The maximum Gasteiger partial charge on any atom is 0.165 e. The highest BCUT2D eigenvalue weighted by Crippen LogP contribution is 2.40. The molecule has 1 aliphatic heterocycles. The molecule has 1 aliphatic rings. The molecule has 3 heterocycles. The van der Waals surface area contributed by atoms with Crippen molar-refractivity contribution in [3.05, 3.63) is 101 Å². The third-order valence-corrected chi connectivity index (χ3v) is 6.58. The molecule has 0 saturated carbocycles. The van der Waals surface area contributed by atoms with Crippen LogP contribution >= 0.6 is 0 Å². The van der Waals surface area contributed by atoms with Gasteiger partial charge in [0.25, 0.3) is 0 Å². The van der Waals surface area contributed by atoms with Crippen LogP contribution in [0.5, 0.6) is 5.75 Å². The van der Waals surface area contributed by atoms with Crippen LogP contribution in [0.25, 0.3) is 21.9 Å². The lowest BCUT2D eigenvalue weighted by Crippen LogP contribution is -2.35. The number of aromatic amines is 1. The van der Waals surface area contributed by atoms with Crippen LogP contribution in [0.4, 0.5) is 4.39 Å². The summed E-state index contributed by atoms with van der Waals surface area (Å²) >= 11 is 0. The number of rotatable bonds is 4. The lowest BCUT2D eigenvalue weighted by molar-refractivity contribution is 0.202. The first-order valence-electron chi connectivity index (χ1n) is 11.1. The summed E-state index contributed by atoms with van der Waals surface area (Å²) in [5, 5.41) is 1.25. The molecule has 2 aromatic heterocycles. The van der Waals surface area contributed by atoms with Gasteiger partial charge >= 0.3 is 0 Å². The first-order valence-corrected chi connectivity index (χ1v) is 11.1. The molecule has 0 radical (unpaired) electrons. The fraction of sp³-hybridized carbons (Fsp3) is 0.185. The molecule has 0 fully saturated rings. The zero-order chi connectivity index (χ0) is 22.4. The quantitative estimate of drug-likeness (QED) is 0.408. The number of nitrogens with zero attached hydrogens (tertiary/aromatic N) is 3. The Morgan fingerprint density at radius 3 is 2.85 bits per heavy atom. The van der Waals surface area contributed by atoms with Gasteiger partial charge in [0, 0.05) is 42.1 Å². The van der Waals surface area contributed by atoms with Crippen LogP contribution in [-0.2, 0) is 13.0 Å². The third-order valence-electron chi connectivity index (χ3n) is 6.58. The van der Waals surface area contributed by atoms with Crippen molar-refractivity contribution < 1.29 is 9.13 Å². The van der Waals surface area contributed by atoms with E-state index in [2.05, 4.69) is 44.1 Å². The molecular weight excluding hydrogens is 415 g/mol. The summed E-state index contributed by atoms with van der Waals surface area (Å²) in [4.78, 5) is 15.1. The third kappa shape index (κ3) is 3.34. The van der Waals surface area contributed by atoms with Crippen LogP contribution in [0, 0.1) is 5.82 Å². The summed E-state index contributed by atoms with van der Waals surface area (Å²) < 4.78 is 19.6. The van der Waals surface area contributed by atoms with E-state index in [4.69, 9.17) is 4.74 Å². The Bertz CT molecular complexity index is 1470. The lowest BCUT2D eigenvalue weighted by Gasteiger charge is -2.36. The fourth-order valence-electron chi connectivity index (χ4n) is 5.08. The second-order valence-electron chi connectivity index (χ2n) is 8.42. The molecule has 3 aromatic carbocycles. The maximum absolute atomic E-state index is 14.3. The molecule has 0 saturated heterocycles. The summed E-state index contributed by atoms with van der Waals surface area (Å²) in [6.45, 7) is 1.57. The van der Waals surface area contributed by atoms with Gasteiger partial charge in [-0.3, -0.25) is 14.9 Å². The molecule has 0 spiro atoms. The van der Waals surface area contributed by atoms with Gasteiger partial charge in [0.05, 0.1) is 24.2 Å². The predicted molar refractivity (Wildman–Crippen MR) is 127 cm³/mol. The zero-order valence-electron chi connectivity index (χ0n) is 18.3. The molecule has 0 bridgehead atoms. The molecule has 164 valence electrons. The van der Waals surface area contributed by atoms with Crippen LogP contribution in [0.3, 0.4) is 0 Å². The van der Waals surface area contributed by atoms with E-state index in [-0.39, 0.29) is 17.6 Å². The second-order valence-corrected chi connectivity index (χ2v) is 8.42. The molecule has 33 heavy (non-hydrogen) atoms. The van der Waals surface area contributed by atoms with Gasteiger partial charge < -0.3 is 9.72 Å². The number of nitrogens with one attached hydrogen (secondary N) is 1. The van der Waals surface area contributed by atoms with Crippen LogP contribution in [0.1, 0.15) is 28.4 Å². The van der Waals surface area contributed by atoms with Gasteiger partial charge in [-0.25, -0.2) is 4.39 Å². The normalized spacial score (nSPS) is 16.2. The second kappa shape index (κ2) is 7.98. The molecule has 0 unspecified atom stereocenters. The number of benzene rings is 3. The summed E-state index contributed by atoms with van der Waals surface area (Å²) in [5.41, 5.74) is 7.53. The molecule has 6 heteroatoms. The van der Waals surface area contributed by atoms with Crippen molar-refractivity contribution in [2.75, 3.05) is 13.7 Å². The number of fused-ring (bicyclic) bond motifs is 4. The molecular formula is C27H23FN4O. The highest BCUT2D eigenvalue weighted by atomic mass is 19.1. The average Bonchev–Trinajstić information content (AvgIpc) is 3.23. The monoisotopic (exact) mass is 438 g/mol. The minimum Gasteiger partial charge on any atom is -0.494 e. The van der Waals surface area contributed by atoms with Gasteiger partial charge in [-0.1, -0.05) is 36.4 Å². The smallest absolute Gasteiger partial charge is 0.165 e. The van der Waals surface area contributed by atoms with E-state index in [1.54, 1.807) is 12.4 Å². The number of para-hydroxylation sites is 2.